The van der Waals surface area contributed by atoms with Crippen LogP contribution in [0.4, 0.5) is 0 Å². The second kappa shape index (κ2) is 4.00. The molecule has 0 aromatic carbocycles. The normalized spacial score (nSPS) is 34.2. The molecule has 1 rings (SSSR count). The van der Waals surface area contributed by atoms with Crippen LogP contribution in [-0.4, -0.2) is 0 Å². The van der Waals surface area contributed by atoms with E-state index in [9.17, 15) is 0 Å². The standard InChI is InChI=1S/C10H19/c1-3-9-6-5-7-10(4-2)8-9/h6,9-10H,3-5,7-8H2,1-2H3. The molecule has 0 amide bonds. The summed E-state index contributed by atoms with van der Waals surface area (Å²) < 4.78 is 0. The fourth-order valence-corrected chi connectivity index (χ4v) is 1.91. The molecule has 0 spiro atoms. The van der Waals surface area contributed by atoms with Gasteiger partial charge in [-0.3, -0.25) is 0 Å². The molecule has 0 nitrogen and oxygen atoms in total. The van der Waals surface area contributed by atoms with Crippen molar-refractivity contribution < 1.29 is 0 Å². The van der Waals surface area contributed by atoms with Crippen molar-refractivity contribution in [2.24, 2.45) is 11.8 Å². The fraction of sp³-hybridized carbons (Fsp3) is 0.900. The Labute approximate surface area is 65.0 Å². The quantitative estimate of drug-likeness (QED) is 0.550. The fourth-order valence-electron chi connectivity index (χ4n) is 1.91. The van der Waals surface area contributed by atoms with E-state index in [1.54, 1.807) is 0 Å². The average Bonchev–Trinajstić information content (AvgIpc) is 2.05. The van der Waals surface area contributed by atoms with Crippen molar-refractivity contribution in [3.8, 4) is 0 Å². The lowest BCUT2D eigenvalue weighted by molar-refractivity contribution is 0.312. The lowest BCUT2D eigenvalue weighted by Gasteiger charge is -2.27. The van der Waals surface area contributed by atoms with Crippen LogP contribution in [0.1, 0.15) is 46.0 Å². The predicted octanol–water partition coefficient (Wildman–Crippen LogP) is 3.43. The van der Waals surface area contributed by atoms with Crippen LogP contribution >= 0.6 is 0 Å². The summed E-state index contributed by atoms with van der Waals surface area (Å²) in [5.74, 6) is 1.98. The molecule has 1 aliphatic rings. The Balaban J connectivity index is 2.25. The highest BCUT2D eigenvalue weighted by Gasteiger charge is 2.18. The van der Waals surface area contributed by atoms with Crippen molar-refractivity contribution >= 4 is 0 Å². The molecule has 0 aliphatic heterocycles. The number of hydrogen-bond donors (Lipinski definition) is 0. The summed E-state index contributed by atoms with van der Waals surface area (Å²) in [5, 5.41) is 0. The lowest BCUT2D eigenvalue weighted by Crippen LogP contribution is -2.14. The van der Waals surface area contributed by atoms with Crippen molar-refractivity contribution in [2.45, 2.75) is 46.0 Å². The van der Waals surface area contributed by atoms with Crippen LogP contribution in [0.5, 0.6) is 0 Å². The summed E-state index contributed by atoms with van der Waals surface area (Å²) in [5.41, 5.74) is 0. The molecule has 1 saturated carbocycles. The summed E-state index contributed by atoms with van der Waals surface area (Å²) in [6, 6.07) is 0. The van der Waals surface area contributed by atoms with Crippen LogP contribution in [0.3, 0.4) is 0 Å². The Hall–Kier alpha value is 0. The topological polar surface area (TPSA) is 0 Å². The van der Waals surface area contributed by atoms with E-state index < -0.39 is 0 Å². The summed E-state index contributed by atoms with van der Waals surface area (Å²) >= 11 is 0. The molecule has 2 atom stereocenters. The minimum Gasteiger partial charge on any atom is -0.0651 e. The summed E-state index contributed by atoms with van der Waals surface area (Å²) in [6.45, 7) is 4.63. The molecule has 0 aromatic heterocycles. The second-order valence-electron chi connectivity index (χ2n) is 3.49. The van der Waals surface area contributed by atoms with Crippen LogP contribution < -0.4 is 0 Å². The van der Waals surface area contributed by atoms with E-state index in [1.165, 1.54) is 32.1 Å². The van der Waals surface area contributed by atoms with Gasteiger partial charge in [0.1, 0.15) is 0 Å². The van der Waals surface area contributed by atoms with Gasteiger partial charge in [0.15, 0.2) is 0 Å². The van der Waals surface area contributed by atoms with Gasteiger partial charge in [-0.1, -0.05) is 33.1 Å². The van der Waals surface area contributed by atoms with Gasteiger partial charge >= 0.3 is 0 Å². The first-order valence-electron chi connectivity index (χ1n) is 4.70. The maximum Gasteiger partial charge on any atom is -0.0355 e. The monoisotopic (exact) mass is 139 g/mol. The van der Waals surface area contributed by atoms with E-state index in [0.29, 0.717) is 0 Å². The molecule has 10 heavy (non-hydrogen) atoms. The maximum atomic E-state index is 2.52. The molecule has 0 saturated heterocycles. The minimum absolute atomic E-state index is 0.943. The predicted molar refractivity (Wildman–Crippen MR) is 45.7 cm³/mol. The second-order valence-corrected chi connectivity index (χ2v) is 3.49. The van der Waals surface area contributed by atoms with E-state index in [1.807, 2.05) is 0 Å². The molecule has 0 aromatic rings. The molecule has 1 radical (unpaired) electrons. The lowest BCUT2D eigenvalue weighted by atomic mass is 9.79. The van der Waals surface area contributed by atoms with Gasteiger partial charge in [0.25, 0.3) is 0 Å². The van der Waals surface area contributed by atoms with Gasteiger partial charge in [0, 0.05) is 0 Å². The van der Waals surface area contributed by atoms with Crippen LogP contribution in [0.25, 0.3) is 0 Å². The first-order chi connectivity index (χ1) is 4.86. The van der Waals surface area contributed by atoms with E-state index in [0.717, 1.165) is 11.8 Å². The van der Waals surface area contributed by atoms with Crippen molar-refractivity contribution in [2.75, 3.05) is 0 Å². The maximum absolute atomic E-state index is 2.52. The summed E-state index contributed by atoms with van der Waals surface area (Å²) in [6.07, 6.45) is 9.56. The Bertz CT molecular complexity index is 76.0. The third-order valence-electron chi connectivity index (χ3n) is 2.81. The van der Waals surface area contributed by atoms with E-state index in [-0.39, 0.29) is 0 Å². The molecule has 0 N–H and O–H groups in total. The van der Waals surface area contributed by atoms with Crippen molar-refractivity contribution in [1.82, 2.24) is 0 Å². The minimum atomic E-state index is 0.943. The van der Waals surface area contributed by atoms with Crippen molar-refractivity contribution in [1.29, 1.82) is 0 Å². The van der Waals surface area contributed by atoms with Gasteiger partial charge in [-0.15, -0.1) is 0 Å². The van der Waals surface area contributed by atoms with Crippen LogP contribution in [0, 0.1) is 18.3 Å². The highest BCUT2D eigenvalue weighted by Crippen LogP contribution is 2.31. The Kier molecular flexibility index (Phi) is 3.24. The third kappa shape index (κ3) is 2.00. The smallest absolute Gasteiger partial charge is 0.0355 e. The average molecular weight is 139 g/mol. The van der Waals surface area contributed by atoms with Gasteiger partial charge in [0.2, 0.25) is 0 Å². The van der Waals surface area contributed by atoms with E-state index in [4.69, 9.17) is 0 Å². The Morgan fingerprint density at radius 2 is 2.10 bits per heavy atom. The highest BCUT2D eigenvalue weighted by molar-refractivity contribution is 4.83. The number of rotatable bonds is 2. The van der Waals surface area contributed by atoms with Gasteiger partial charge in [-0.05, 0) is 31.1 Å². The van der Waals surface area contributed by atoms with Crippen LogP contribution in [0.15, 0.2) is 0 Å². The van der Waals surface area contributed by atoms with Gasteiger partial charge in [-0.25, -0.2) is 0 Å². The number of hydrogen-bond acceptors (Lipinski definition) is 0. The van der Waals surface area contributed by atoms with Crippen molar-refractivity contribution in [3.63, 3.8) is 0 Å². The summed E-state index contributed by atoms with van der Waals surface area (Å²) in [4.78, 5) is 0. The molecule has 0 heterocycles. The van der Waals surface area contributed by atoms with Crippen LogP contribution in [-0.2, 0) is 0 Å². The first-order valence-corrected chi connectivity index (χ1v) is 4.70. The molecule has 0 bridgehead atoms. The molecular weight excluding hydrogens is 120 g/mol. The molecule has 1 aliphatic carbocycles. The van der Waals surface area contributed by atoms with Gasteiger partial charge < -0.3 is 0 Å². The zero-order valence-electron chi connectivity index (χ0n) is 7.27. The Morgan fingerprint density at radius 3 is 2.70 bits per heavy atom. The molecule has 0 heteroatoms. The molecular formula is C10H19. The van der Waals surface area contributed by atoms with Gasteiger partial charge in [-0.2, -0.15) is 0 Å². The SMILES string of the molecule is CCC1[CH]CCC(CC)C1. The molecule has 1 fully saturated rings. The first kappa shape index (κ1) is 8.10. The van der Waals surface area contributed by atoms with Gasteiger partial charge in [0.05, 0.1) is 0 Å². The van der Waals surface area contributed by atoms with E-state index in [2.05, 4.69) is 20.3 Å². The van der Waals surface area contributed by atoms with E-state index >= 15 is 0 Å². The van der Waals surface area contributed by atoms with Crippen molar-refractivity contribution in [3.05, 3.63) is 6.42 Å². The zero-order valence-corrected chi connectivity index (χ0v) is 7.27. The summed E-state index contributed by atoms with van der Waals surface area (Å²) in [7, 11) is 0. The Morgan fingerprint density at radius 1 is 1.30 bits per heavy atom. The van der Waals surface area contributed by atoms with Crippen LogP contribution in [0.2, 0.25) is 0 Å². The molecule has 2 unspecified atom stereocenters. The highest BCUT2D eigenvalue weighted by atomic mass is 14.2. The third-order valence-corrected chi connectivity index (χ3v) is 2.81. The molecule has 59 valence electrons. The zero-order chi connectivity index (χ0) is 7.40. The largest absolute Gasteiger partial charge is 0.0651 e.